The molecule has 1 aromatic rings. The summed E-state index contributed by atoms with van der Waals surface area (Å²) in [6.07, 6.45) is 0. The monoisotopic (exact) mass is 299 g/mol. The highest BCUT2D eigenvalue weighted by atomic mass is 32.2. The van der Waals surface area contributed by atoms with Gasteiger partial charge in [-0.25, -0.2) is 4.98 Å². The number of amides is 2. The second kappa shape index (κ2) is 6.38. The molecule has 2 rings (SSSR count). The first kappa shape index (κ1) is 14.3. The number of rotatable bonds is 4. The molecular weight excluding hydrogens is 282 g/mol. The first-order valence-corrected chi connectivity index (χ1v) is 8.17. The molecule has 1 atom stereocenters. The van der Waals surface area contributed by atoms with Gasteiger partial charge in [-0.2, -0.15) is 0 Å². The van der Waals surface area contributed by atoms with Gasteiger partial charge in [0.15, 0.2) is 0 Å². The van der Waals surface area contributed by atoms with Crippen LogP contribution in [0.1, 0.15) is 17.6 Å². The molecule has 1 N–H and O–H groups in total. The van der Waals surface area contributed by atoms with Crippen LogP contribution < -0.4 is 5.32 Å². The van der Waals surface area contributed by atoms with E-state index in [1.54, 1.807) is 34.9 Å². The number of piperazine rings is 1. The lowest BCUT2D eigenvalue weighted by Gasteiger charge is -2.32. The minimum Gasteiger partial charge on any atom is -0.353 e. The SMILES string of the molecule is Cc1nc(CSCC(=O)N2CCNC(=O)C2C)cs1. The average molecular weight is 299 g/mol. The van der Waals surface area contributed by atoms with E-state index in [-0.39, 0.29) is 17.9 Å². The van der Waals surface area contributed by atoms with E-state index >= 15 is 0 Å². The van der Waals surface area contributed by atoms with Crippen LogP contribution in [0.5, 0.6) is 0 Å². The third-order valence-electron chi connectivity index (χ3n) is 2.96. The molecule has 1 saturated heterocycles. The first-order chi connectivity index (χ1) is 9.08. The quantitative estimate of drug-likeness (QED) is 0.902. The first-order valence-electron chi connectivity index (χ1n) is 6.14. The van der Waals surface area contributed by atoms with Crippen LogP contribution in [0.15, 0.2) is 5.38 Å². The zero-order chi connectivity index (χ0) is 13.8. The number of aromatic nitrogens is 1. The van der Waals surface area contributed by atoms with Gasteiger partial charge in [-0.3, -0.25) is 9.59 Å². The van der Waals surface area contributed by atoms with Gasteiger partial charge in [0.1, 0.15) is 6.04 Å². The van der Waals surface area contributed by atoms with Crippen LogP contribution >= 0.6 is 23.1 Å². The number of aryl methyl sites for hydroxylation is 1. The Kier molecular flexibility index (Phi) is 4.81. The van der Waals surface area contributed by atoms with Gasteiger partial charge in [-0.1, -0.05) is 0 Å². The van der Waals surface area contributed by atoms with Crippen LogP contribution in [0.3, 0.4) is 0 Å². The Balaban J connectivity index is 1.79. The highest BCUT2D eigenvalue weighted by Crippen LogP contribution is 2.16. The van der Waals surface area contributed by atoms with Crippen LogP contribution in [-0.2, 0) is 15.3 Å². The lowest BCUT2D eigenvalue weighted by atomic mass is 10.2. The van der Waals surface area contributed by atoms with Crippen molar-refractivity contribution in [2.75, 3.05) is 18.8 Å². The maximum atomic E-state index is 12.1. The summed E-state index contributed by atoms with van der Waals surface area (Å²) >= 11 is 3.17. The topological polar surface area (TPSA) is 62.3 Å². The summed E-state index contributed by atoms with van der Waals surface area (Å²) in [4.78, 5) is 29.5. The van der Waals surface area contributed by atoms with Crippen molar-refractivity contribution in [2.45, 2.75) is 25.6 Å². The molecule has 1 unspecified atom stereocenters. The summed E-state index contributed by atoms with van der Waals surface area (Å²) in [7, 11) is 0. The molecular formula is C12H17N3O2S2. The Morgan fingerprint density at radius 3 is 3.16 bits per heavy atom. The number of thiazole rings is 1. The fourth-order valence-electron chi connectivity index (χ4n) is 1.92. The van der Waals surface area contributed by atoms with E-state index in [0.29, 0.717) is 18.8 Å². The van der Waals surface area contributed by atoms with E-state index in [1.807, 2.05) is 12.3 Å². The van der Waals surface area contributed by atoms with Crippen LogP contribution in [0.2, 0.25) is 0 Å². The van der Waals surface area contributed by atoms with Gasteiger partial charge in [0, 0.05) is 24.2 Å². The molecule has 104 valence electrons. The molecule has 2 amide bonds. The van der Waals surface area contributed by atoms with Crippen molar-refractivity contribution < 1.29 is 9.59 Å². The molecule has 1 aliphatic heterocycles. The Morgan fingerprint density at radius 1 is 1.68 bits per heavy atom. The second-order valence-electron chi connectivity index (χ2n) is 4.40. The Hall–Kier alpha value is -1.08. The Labute approximate surface area is 120 Å². The molecule has 0 saturated carbocycles. The van der Waals surface area contributed by atoms with Gasteiger partial charge in [0.2, 0.25) is 11.8 Å². The molecule has 5 nitrogen and oxygen atoms in total. The van der Waals surface area contributed by atoms with E-state index < -0.39 is 0 Å². The molecule has 0 radical (unpaired) electrons. The predicted octanol–water partition coefficient (Wildman–Crippen LogP) is 1.03. The van der Waals surface area contributed by atoms with Gasteiger partial charge in [-0.05, 0) is 13.8 Å². The highest BCUT2D eigenvalue weighted by Gasteiger charge is 2.28. The van der Waals surface area contributed by atoms with Crippen molar-refractivity contribution in [3.05, 3.63) is 16.1 Å². The predicted molar refractivity (Wildman–Crippen MR) is 77.2 cm³/mol. The maximum Gasteiger partial charge on any atom is 0.242 e. The van der Waals surface area contributed by atoms with E-state index in [2.05, 4.69) is 10.3 Å². The van der Waals surface area contributed by atoms with E-state index in [9.17, 15) is 9.59 Å². The molecule has 7 heteroatoms. The summed E-state index contributed by atoms with van der Waals surface area (Å²) in [5.74, 6) is 1.10. The summed E-state index contributed by atoms with van der Waals surface area (Å²) in [6, 6.07) is -0.358. The molecule has 19 heavy (non-hydrogen) atoms. The molecule has 0 spiro atoms. The largest absolute Gasteiger partial charge is 0.353 e. The normalized spacial score (nSPS) is 19.4. The average Bonchev–Trinajstić information content (AvgIpc) is 2.78. The minimum absolute atomic E-state index is 0.0271. The summed E-state index contributed by atoms with van der Waals surface area (Å²) < 4.78 is 0. The molecule has 1 aromatic heterocycles. The fourth-order valence-corrected chi connectivity index (χ4v) is 3.44. The number of hydrogen-bond donors (Lipinski definition) is 1. The van der Waals surface area contributed by atoms with Crippen molar-refractivity contribution in [1.29, 1.82) is 0 Å². The standard InChI is InChI=1S/C12H17N3O2S2/c1-8-12(17)13-3-4-15(8)11(16)7-18-5-10-6-19-9(2)14-10/h6,8H,3-5,7H2,1-2H3,(H,13,17). The molecule has 2 heterocycles. The zero-order valence-electron chi connectivity index (χ0n) is 11.0. The number of hydrogen-bond acceptors (Lipinski definition) is 5. The third kappa shape index (κ3) is 3.70. The summed E-state index contributed by atoms with van der Waals surface area (Å²) in [6.45, 7) is 4.88. The van der Waals surface area contributed by atoms with E-state index in [4.69, 9.17) is 0 Å². The lowest BCUT2D eigenvalue weighted by molar-refractivity contribution is -0.140. The Bertz CT molecular complexity index is 475. The van der Waals surface area contributed by atoms with Crippen LogP contribution in [0.4, 0.5) is 0 Å². The van der Waals surface area contributed by atoms with Crippen molar-refractivity contribution in [3.63, 3.8) is 0 Å². The summed E-state index contributed by atoms with van der Waals surface area (Å²) in [5, 5.41) is 5.82. The van der Waals surface area contributed by atoms with Crippen molar-refractivity contribution >= 4 is 34.9 Å². The number of thioether (sulfide) groups is 1. The number of carbonyl (C=O) groups is 2. The number of carbonyl (C=O) groups excluding carboxylic acids is 2. The van der Waals surface area contributed by atoms with Crippen molar-refractivity contribution in [1.82, 2.24) is 15.2 Å². The van der Waals surface area contributed by atoms with E-state index in [0.717, 1.165) is 16.5 Å². The van der Waals surface area contributed by atoms with Gasteiger partial charge in [-0.15, -0.1) is 23.1 Å². The van der Waals surface area contributed by atoms with Gasteiger partial charge < -0.3 is 10.2 Å². The van der Waals surface area contributed by atoms with Crippen LogP contribution in [-0.4, -0.2) is 46.6 Å². The fraction of sp³-hybridized carbons (Fsp3) is 0.583. The molecule has 1 fully saturated rings. The molecule has 0 aliphatic carbocycles. The molecule has 1 aliphatic rings. The minimum atomic E-state index is -0.358. The highest BCUT2D eigenvalue weighted by molar-refractivity contribution is 7.99. The van der Waals surface area contributed by atoms with Crippen LogP contribution in [0, 0.1) is 6.92 Å². The van der Waals surface area contributed by atoms with E-state index in [1.165, 1.54) is 0 Å². The lowest BCUT2D eigenvalue weighted by Crippen LogP contribution is -2.56. The molecule has 0 bridgehead atoms. The number of nitrogens with one attached hydrogen (secondary N) is 1. The van der Waals surface area contributed by atoms with Crippen LogP contribution in [0.25, 0.3) is 0 Å². The molecule has 0 aromatic carbocycles. The van der Waals surface area contributed by atoms with Gasteiger partial charge in [0.25, 0.3) is 0 Å². The third-order valence-corrected chi connectivity index (χ3v) is 4.73. The van der Waals surface area contributed by atoms with Gasteiger partial charge >= 0.3 is 0 Å². The smallest absolute Gasteiger partial charge is 0.242 e. The maximum absolute atomic E-state index is 12.1. The van der Waals surface area contributed by atoms with Crippen molar-refractivity contribution in [3.8, 4) is 0 Å². The number of nitrogens with zero attached hydrogens (tertiary/aromatic N) is 2. The summed E-state index contributed by atoms with van der Waals surface area (Å²) in [5.41, 5.74) is 1.02. The second-order valence-corrected chi connectivity index (χ2v) is 6.45. The Morgan fingerprint density at radius 2 is 2.47 bits per heavy atom. The van der Waals surface area contributed by atoms with Gasteiger partial charge in [0.05, 0.1) is 16.5 Å². The zero-order valence-corrected chi connectivity index (χ0v) is 12.6. The van der Waals surface area contributed by atoms with Crippen molar-refractivity contribution in [2.24, 2.45) is 0 Å².